The summed E-state index contributed by atoms with van der Waals surface area (Å²) in [7, 11) is 0. The molecule has 2 aromatic rings. The summed E-state index contributed by atoms with van der Waals surface area (Å²) in [5.41, 5.74) is 3.51. The second-order valence-corrected chi connectivity index (χ2v) is 6.38. The van der Waals surface area contributed by atoms with E-state index in [0.29, 0.717) is 5.25 Å². The van der Waals surface area contributed by atoms with E-state index in [2.05, 4.69) is 41.5 Å². The Balaban J connectivity index is 1.70. The molecule has 2 nitrogen and oxygen atoms in total. The lowest BCUT2D eigenvalue weighted by atomic mass is 10.1. The van der Waals surface area contributed by atoms with E-state index in [9.17, 15) is 0 Å². The van der Waals surface area contributed by atoms with Crippen molar-refractivity contribution in [1.82, 2.24) is 0 Å². The highest BCUT2D eigenvalue weighted by molar-refractivity contribution is 8.14. The number of anilines is 1. The number of nitrogens with one attached hydrogen (secondary N) is 1. The van der Waals surface area contributed by atoms with Crippen LogP contribution >= 0.6 is 23.4 Å². The van der Waals surface area contributed by atoms with Crippen molar-refractivity contribution < 1.29 is 0 Å². The summed E-state index contributed by atoms with van der Waals surface area (Å²) in [5, 5.41) is 5.48. The van der Waals surface area contributed by atoms with Crippen molar-refractivity contribution in [2.24, 2.45) is 4.99 Å². The lowest BCUT2D eigenvalue weighted by Gasteiger charge is -2.11. The van der Waals surface area contributed by atoms with Crippen molar-refractivity contribution in [3.63, 3.8) is 0 Å². The van der Waals surface area contributed by atoms with Crippen LogP contribution in [-0.2, 0) is 0 Å². The predicted octanol–water partition coefficient (Wildman–Crippen LogP) is 4.90. The summed E-state index contributed by atoms with van der Waals surface area (Å²) in [5.74, 6) is 0. The Bertz CT molecular complexity index is 640. The summed E-state index contributed by atoms with van der Waals surface area (Å²) in [4.78, 5) is 4.58. The second-order valence-electron chi connectivity index (χ2n) is 4.75. The van der Waals surface area contributed by atoms with Crippen molar-refractivity contribution in [3.05, 3.63) is 64.7 Å². The number of benzene rings is 2. The molecule has 1 atom stereocenters. The van der Waals surface area contributed by atoms with Gasteiger partial charge in [-0.2, -0.15) is 0 Å². The number of hydrogen-bond acceptors (Lipinski definition) is 3. The van der Waals surface area contributed by atoms with Gasteiger partial charge in [0.15, 0.2) is 5.17 Å². The summed E-state index contributed by atoms with van der Waals surface area (Å²) >= 11 is 7.81. The molecule has 102 valence electrons. The third kappa shape index (κ3) is 3.00. The van der Waals surface area contributed by atoms with Gasteiger partial charge in [-0.15, -0.1) is 0 Å². The van der Waals surface area contributed by atoms with Gasteiger partial charge >= 0.3 is 0 Å². The van der Waals surface area contributed by atoms with Crippen LogP contribution in [0.2, 0.25) is 5.02 Å². The Kier molecular flexibility index (Phi) is 3.99. The molecule has 3 rings (SSSR count). The molecule has 0 spiro atoms. The Morgan fingerprint density at radius 1 is 1.20 bits per heavy atom. The van der Waals surface area contributed by atoms with E-state index in [0.717, 1.165) is 22.4 Å². The highest BCUT2D eigenvalue weighted by atomic mass is 35.5. The van der Waals surface area contributed by atoms with Crippen molar-refractivity contribution in [3.8, 4) is 0 Å². The van der Waals surface area contributed by atoms with Crippen LogP contribution in [0, 0.1) is 6.92 Å². The van der Waals surface area contributed by atoms with Gasteiger partial charge in [-0.1, -0.05) is 59.8 Å². The fraction of sp³-hybridized carbons (Fsp3) is 0.188. The number of aliphatic imine (C=N–C) groups is 1. The molecule has 0 fully saturated rings. The number of rotatable bonds is 2. The maximum atomic E-state index is 6.04. The molecule has 0 radical (unpaired) electrons. The van der Waals surface area contributed by atoms with Crippen molar-refractivity contribution in [2.75, 3.05) is 11.9 Å². The first-order chi connectivity index (χ1) is 9.72. The van der Waals surface area contributed by atoms with Gasteiger partial charge in [0.25, 0.3) is 0 Å². The van der Waals surface area contributed by atoms with Crippen molar-refractivity contribution >= 4 is 34.2 Å². The highest BCUT2D eigenvalue weighted by Crippen LogP contribution is 2.35. The van der Waals surface area contributed by atoms with E-state index in [-0.39, 0.29) is 0 Å². The summed E-state index contributed by atoms with van der Waals surface area (Å²) in [6.07, 6.45) is 0. The molecule has 0 saturated carbocycles. The molecule has 1 N–H and O–H groups in total. The average molecular weight is 303 g/mol. The maximum absolute atomic E-state index is 6.04. The van der Waals surface area contributed by atoms with Gasteiger partial charge in [0.2, 0.25) is 0 Å². The fourth-order valence-electron chi connectivity index (χ4n) is 2.13. The first-order valence-corrected chi connectivity index (χ1v) is 7.77. The molecule has 0 saturated heterocycles. The largest absolute Gasteiger partial charge is 0.335 e. The minimum Gasteiger partial charge on any atom is -0.335 e. The third-order valence-corrected chi connectivity index (χ3v) is 4.66. The quantitative estimate of drug-likeness (QED) is 0.853. The number of hydrogen-bond donors (Lipinski definition) is 1. The minimum absolute atomic E-state index is 0.401. The van der Waals surface area contributed by atoms with Gasteiger partial charge in [0.1, 0.15) is 0 Å². The van der Waals surface area contributed by atoms with E-state index in [4.69, 9.17) is 11.6 Å². The van der Waals surface area contributed by atoms with Gasteiger partial charge in [-0.05, 0) is 30.2 Å². The number of nitrogens with zero attached hydrogens (tertiary/aromatic N) is 1. The van der Waals surface area contributed by atoms with E-state index >= 15 is 0 Å². The summed E-state index contributed by atoms with van der Waals surface area (Å²) in [6.45, 7) is 2.88. The maximum Gasteiger partial charge on any atom is 0.161 e. The first-order valence-electron chi connectivity index (χ1n) is 6.51. The monoisotopic (exact) mass is 302 g/mol. The molecule has 0 bridgehead atoms. The van der Waals surface area contributed by atoms with Crippen LogP contribution in [0.15, 0.2) is 53.5 Å². The molecule has 1 aliphatic heterocycles. The van der Waals surface area contributed by atoms with Crippen LogP contribution in [0.5, 0.6) is 0 Å². The van der Waals surface area contributed by atoms with Crippen LogP contribution in [0.1, 0.15) is 16.4 Å². The molecule has 0 aliphatic carbocycles. The van der Waals surface area contributed by atoms with Gasteiger partial charge in [0.05, 0.1) is 11.8 Å². The van der Waals surface area contributed by atoms with Gasteiger partial charge in [-0.3, -0.25) is 4.99 Å². The first kappa shape index (κ1) is 13.5. The molecule has 1 unspecified atom stereocenters. The Labute approximate surface area is 128 Å². The molecule has 0 amide bonds. The molecule has 0 aromatic heterocycles. The lowest BCUT2D eigenvalue weighted by Crippen LogP contribution is -2.06. The number of halogens is 1. The summed E-state index contributed by atoms with van der Waals surface area (Å²) < 4.78 is 0. The topological polar surface area (TPSA) is 24.4 Å². The van der Waals surface area contributed by atoms with E-state index in [1.54, 1.807) is 11.8 Å². The molecule has 1 heterocycles. The smallest absolute Gasteiger partial charge is 0.161 e. The highest BCUT2D eigenvalue weighted by Gasteiger charge is 2.21. The molecule has 1 aliphatic rings. The van der Waals surface area contributed by atoms with E-state index in [1.165, 1.54) is 11.1 Å². The van der Waals surface area contributed by atoms with Crippen LogP contribution < -0.4 is 5.32 Å². The fourth-order valence-corrected chi connectivity index (χ4v) is 3.33. The number of aryl methyl sites for hydroxylation is 1. The third-order valence-electron chi connectivity index (χ3n) is 3.27. The lowest BCUT2D eigenvalue weighted by molar-refractivity contribution is 0.966. The summed E-state index contributed by atoms with van der Waals surface area (Å²) in [6, 6.07) is 16.3. The van der Waals surface area contributed by atoms with Crippen molar-refractivity contribution in [1.29, 1.82) is 0 Å². The van der Waals surface area contributed by atoms with Crippen LogP contribution in [0.25, 0.3) is 0 Å². The molecule has 2 aromatic carbocycles. The molecular formula is C16H15ClN2S. The van der Waals surface area contributed by atoms with Crippen molar-refractivity contribution in [2.45, 2.75) is 12.2 Å². The molecular weight excluding hydrogens is 288 g/mol. The minimum atomic E-state index is 0.401. The average Bonchev–Trinajstić information content (AvgIpc) is 2.92. The Morgan fingerprint density at radius 3 is 2.80 bits per heavy atom. The zero-order chi connectivity index (χ0) is 13.9. The Hall–Kier alpha value is -1.45. The molecule has 20 heavy (non-hydrogen) atoms. The van der Waals surface area contributed by atoms with Crippen LogP contribution in [0.4, 0.5) is 5.69 Å². The normalized spacial score (nSPS) is 17.9. The predicted molar refractivity (Wildman–Crippen MR) is 88.9 cm³/mol. The number of thioether (sulfide) groups is 1. The SMILES string of the molecule is Cc1ccc(Cl)cc1NC1=NCC(c2ccccc2)S1. The van der Waals surface area contributed by atoms with E-state index < -0.39 is 0 Å². The van der Waals surface area contributed by atoms with E-state index in [1.807, 2.05) is 24.3 Å². The van der Waals surface area contributed by atoms with Gasteiger partial charge in [-0.25, -0.2) is 0 Å². The standard InChI is InChI=1S/C16H15ClN2S/c1-11-7-8-13(17)9-14(11)19-16-18-10-15(20-16)12-5-3-2-4-6-12/h2-9,15H,10H2,1H3,(H,18,19). The number of amidine groups is 1. The zero-order valence-corrected chi connectivity index (χ0v) is 12.7. The van der Waals surface area contributed by atoms with Gasteiger partial charge in [0, 0.05) is 10.7 Å². The van der Waals surface area contributed by atoms with Crippen LogP contribution in [-0.4, -0.2) is 11.7 Å². The zero-order valence-electron chi connectivity index (χ0n) is 11.1. The second kappa shape index (κ2) is 5.90. The van der Waals surface area contributed by atoms with Gasteiger partial charge < -0.3 is 5.32 Å². The molecule has 4 heteroatoms. The van der Waals surface area contributed by atoms with Crippen LogP contribution in [0.3, 0.4) is 0 Å². The Morgan fingerprint density at radius 2 is 2.00 bits per heavy atom.